The summed E-state index contributed by atoms with van der Waals surface area (Å²) in [6, 6.07) is 3.43. The third-order valence-corrected chi connectivity index (χ3v) is 4.75. The molecule has 8 nitrogen and oxygen atoms in total. The van der Waals surface area contributed by atoms with Gasteiger partial charge < -0.3 is 19.7 Å². The number of aromatic amines is 4. The highest BCUT2D eigenvalue weighted by Crippen LogP contribution is 2.41. The molecule has 4 N–H and O–H groups in total. The Morgan fingerprint density at radius 1 is 1.00 bits per heavy atom. The van der Waals surface area contributed by atoms with E-state index >= 15 is 0 Å². The molecule has 27 heavy (non-hydrogen) atoms. The molecule has 0 bridgehead atoms. The summed E-state index contributed by atoms with van der Waals surface area (Å²) in [6.45, 7) is 5.80. The fraction of sp³-hybridized carbons (Fsp3) is 0.333. The number of rotatable bonds is 6. The van der Waals surface area contributed by atoms with Crippen molar-refractivity contribution in [2.75, 3.05) is 13.7 Å². The molecule has 2 aromatic heterocycles. The van der Waals surface area contributed by atoms with E-state index in [0.717, 1.165) is 0 Å². The number of hydrogen-bond donors (Lipinski definition) is 4. The number of H-pyrrole nitrogens is 4. The van der Waals surface area contributed by atoms with Crippen LogP contribution in [0.4, 0.5) is 0 Å². The molecule has 0 aliphatic heterocycles. The molecule has 0 saturated heterocycles. The molecule has 0 fully saturated rings. The smallest absolute Gasteiger partial charge is 0.268 e. The third kappa shape index (κ3) is 3.28. The van der Waals surface area contributed by atoms with Crippen molar-refractivity contribution in [2.45, 2.75) is 26.7 Å². The summed E-state index contributed by atoms with van der Waals surface area (Å²) in [5, 5.41) is 11.1. The van der Waals surface area contributed by atoms with Crippen LogP contribution in [-0.4, -0.2) is 34.1 Å². The minimum Gasteiger partial charge on any atom is -0.491 e. The molecule has 3 aromatic rings. The van der Waals surface area contributed by atoms with E-state index in [1.807, 2.05) is 6.92 Å². The van der Waals surface area contributed by atoms with Gasteiger partial charge >= 0.3 is 0 Å². The third-order valence-electron chi connectivity index (χ3n) is 4.47. The zero-order chi connectivity index (χ0) is 19.7. The molecule has 0 radical (unpaired) electrons. The van der Waals surface area contributed by atoms with Gasteiger partial charge in [0.15, 0.2) is 11.5 Å². The van der Waals surface area contributed by atoms with Crippen LogP contribution < -0.4 is 20.6 Å². The van der Waals surface area contributed by atoms with Crippen LogP contribution in [0, 0.1) is 13.8 Å². The highest BCUT2D eigenvalue weighted by molar-refractivity contribution is 6.32. The van der Waals surface area contributed by atoms with Crippen LogP contribution >= 0.6 is 11.6 Å². The largest absolute Gasteiger partial charge is 0.491 e. The Bertz CT molecular complexity index is 1020. The summed E-state index contributed by atoms with van der Waals surface area (Å²) in [5.74, 6) is 0.208. The van der Waals surface area contributed by atoms with Crippen molar-refractivity contribution in [1.29, 1.82) is 0 Å². The first kappa shape index (κ1) is 18.9. The van der Waals surface area contributed by atoms with Gasteiger partial charge in [-0.2, -0.15) is 0 Å². The molecule has 144 valence electrons. The van der Waals surface area contributed by atoms with E-state index in [2.05, 4.69) is 20.4 Å². The molecule has 0 unspecified atom stereocenters. The number of aromatic nitrogens is 4. The normalized spacial score (nSPS) is 11.2. The van der Waals surface area contributed by atoms with Crippen molar-refractivity contribution >= 4 is 11.6 Å². The second-order valence-corrected chi connectivity index (χ2v) is 6.54. The number of hydrogen-bond acceptors (Lipinski definition) is 4. The van der Waals surface area contributed by atoms with E-state index in [4.69, 9.17) is 21.1 Å². The highest BCUT2D eigenvalue weighted by atomic mass is 35.5. The molecule has 0 amide bonds. The minimum absolute atomic E-state index is 0.303. The van der Waals surface area contributed by atoms with Crippen LogP contribution in [0.1, 0.15) is 40.9 Å². The van der Waals surface area contributed by atoms with Gasteiger partial charge in [-0.15, -0.1) is 0 Å². The number of methoxy groups -OCH3 is 1. The molecule has 0 saturated carbocycles. The molecule has 0 aliphatic carbocycles. The quantitative estimate of drug-likeness (QED) is 0.516. The molecule has 1 aromatic carbocycles. The van der Waals surface area contributed by atoms with Gasteiger partial charge in [-0.1, -0.05) is 11.6 Å². The molecule has 0 aliphatic rings. The van der Waals surface area contributed by atoms with Crippen LogP contribution in [0.3, 0.4) is 0 Å². The lowest BCUT2D eigenvalue weighted by Crippen LogP contribution is -2.20. The maximum atomic E-state index is 12.5. The average Bonchev–Trinajstić information content (AvgIpc) is 3.12. The van der Waals surface area contributed by atoms with Gasteiger partial charge in [-0.25, -0.2) is 0 Å². The molecule has 9 heteroatoms. The van der Waals surface area contributed by atoms with Crippen LogP contribution in [-0.2, 0) is 0 Å². The Morgan fingerprint density at radius 2 is 1.56 bits per heavy atom. The molecule has 0 atom stereocenters. The summed E-state index contributed by atoms with van der Waals surface area (Å²) in [5.41, 5.74) is 2.18. The van der Waals surface area contributed by atoms with Crippen LogP contribution in [0.2, 0.25) is 5.02 Å². The molecule has 0 spiro atoms. The standard InChI is InChI=1S/C18H21ClN4O4/c1-5-27-12-7-10(6-11(19)16(12)26-4)15(13-8(2)20-22-17(13)24)14-9(3)21-23-18(14)25/h6-7,15H,5H2,1-4H3,(H2,20,22,24)(H2,21,23,25). The highest BCUT2D eigenvalue weighted by Gasteiger charge is 2.29. The van der Waals surface area contributed by atoms with Crippen LogP contribution in [0.25, 0.3) is 0 Å². The Hall–Kier alpha value is -2.87. The van der Waals surface area contributed by atoms with E-state index in [1.54, 1.807) is 26.0 Å². The minimum atomic E-state index is -0.641. The average molecular weight is 393 g/mol. The molecule has 2 heterocycles. The SMILES string of the molecule is CCOc1cc(C(c2c(C)[nH][nH]c2=O)c2c(C)[nH][nH]c2=O)cc(Cl)c1OC. The second kappa shape index (κ2) is 7.40. The lowest BCUT2D eigenvalue weighted by Gasteiger charge is -2.19. The number of halogens is 1. The first-order chi connectivity index (χ1) is 12.9. The van der Waals surface area contributed by atoms with Gasteiger partial charge in [-0.05, 0) is 38.5 Å². The number of benzene rings is 1. The van der Waals surface area contributed by atoms with Gasteiger partial charge in [0.2, 0.25) is 0 Å². The lowest BCUT2D eigenvalue weighted by atomic mass is 9.85. The second-order valence-electron chi connectivity index (χ2n) is 6.14. The zero-order valence-electron chi connectivity index (χ0n) is 15.5. The predicted molar refractivity (Wildman–Crippen MR) is 102 cm³/mol. The maximum absolute atomic E-state index is 12.5. The van der Waals surface area contributed by atoms with Gasteiger partial charge in [0.05, 0.1) is 29.9 Å². The first-order valence-corrected chi connectivity index (χ1v) is 8.81. The predicted octanol–water partition coefficient (Wildman–Crippen LogP) is 2.58. The molecular weight excluding hydrogens is 372 g/mol. The number of nitrogens with one attached hydrogen (secondary N) is 4. The fourth-order valence-electron chi connectivity index (χ4n) is 3.30. The Balaban J connectivity index is 2.33. The Kier molecular flexibility index (Phi) is 5.18. The Labute approximate surface area is 159 Å². The van der Waals surface area contributed by atoms with Crippen molar-refractivity contribution < 1.29 is 9.47 Å². The van der Waals surface area contributed by atoms with Crippen LogP contribution in [0.5, 0.6) is 11.5 Å². The number of ether oxygens (including phenoxy) is 2. The van der Waals surface area contributed by atoms with E-state index in [1.165, 1.54) is 7.11 Å². The summed E-state index contributed by atoms with van der Waals surface area (Å²) in [6.07, 6.45) is 0. The summed E-state index contributed by atoms with van der Waals surface area (Å²) >= 11 is 6.40. The van der Waals surface area contributed by atoms with Crippen molar-refractivity contribution in [3.63, 3.8) is 0 Å². The van der Waals surface area contributed by atoms with Crippen molar-refractivity contribution in [2.24, 2.45) is 0 Å². The van der Waals surface area contributed by atoms with E-state index in [9.17, 15) is 9.59 Å². The number of aryl methyl sites for hydroxylation is 2. The lowest BCUT2D eigenvalue weighted by molar-refractivity contribution is 0.310. The van der Waals surface area contributed by atoms with Crippen molar-refractivity contribution in [1.82, 2.24) is 20.4 Å². The summed E-state index contributed by atoms with van der Waals surface area (Å²) in [7, 11) is 1.50. The van der Waals surface area contributed by atoms with E-state index in [0.29, 0.717) is 51.2 Å². The topological polar surface area (TPSA) is 116 Å². The van der Waals surface area contributed by atoms with Gasteiger partial charge in [0.1, 0.15) is 0 Å². The van der Waals surface area contributed by atoms with Crippen molar-refractivity contribution in [3.05, 3.63) is 65.9 Å². The summed E-state index contributed by atoms with van der Waals surface area (Å²) < 4.78 is 11.0. The maximum Gasteiger partial charge on any atom is 0.268 e. The first-order valence-electron chi connectivity index (χ1n) is 8.43. The fourth-order valence-corrected chi connectivity index (χ4v) is 3.60. The zero-order valence-corrected chi connectivity index (χ0v) is 16.2. The molecule has 3 rings (SSSR count). The monoisotopic (exact) mass is 392 g/mol. The van der Waals surface area contributed by atoms with Gasteiger partial charge in [0.25, 0.3) is 11.1 Å². The van der Waals surface area contributed by atoms with E-state index < -0.39 is 5.92 Å². The van der Waals surface area contributed by atoms with E-state index in [-0.39, 0.29) is 11.1 Å². The van der Waals surface area contributed by atoms with Crippen molar-refractivity contribution in [3.8, 4) is 11.5 Å². The van der Waals surface area contributed by atoms with Gasteiger partial charge in [0, 0.05) is 17.3 Å². The Morgan fingerprint density at radius 3 is 1.96 bits per heavy atom. The molecular formula is C18H21ClN4O4. The van der Waals surface area contributed by atoms with Crippen LogP contribution in [0.15, 0.2) is 21.7 Å². The van der Waals surface area contributed by atoms with Gasteiger partial charge in [-0.3, -0.25) is 19.8 Å². The summed E-state index contributed by atoms with van der Waals surface area (Å²) in [4.78, 5) is 25.0.